The Morgan fingerprint density at radius 3 is 2.38 bits per heavy atom. The van der Waals surface area contributed by atoms with Crippen molar-refractivity contribution in [3.8, 4) is 5.75 Å². The lowest BCUT2D eigenvalue weighted by Gasteiger charge is -2.13. The molecule has 2 N–H and O–H groups in total. The van der Waals surface area contributed by atoms with Crippen molar-refractivity contribution in [3.63, 3.8) is 0 Å². The summed E-state index contributed by atoms with van der Waals surface area (Å²) in [5.41, 5.74) is -0.521. The molecule has 0 saturated heterocycles. The van der Waals surface area contributed by atoms with Crippen LogP contribution in [0.15, 0.2) is 65.7 Å². The van der Waals surface area contributed by atoms with Crippen molar-refractivity contribution in [3.05, 3.63) is 71.8 Å². The van der Waals surface area contributed by atoms with E-state index in [9.17, 15) is 22.8 Å². The quantitative estimate of drug-likeness (QED) is 0.503. The number of benzene rings is 2. The van der Waals surface area contributed by atoms with Gasteiger partial charge in [0.2, 0.25) is 5.91 Å². The number of carbonyl (C=O) groups excluding carboxylic acids is 2. The number of anilines is 2. The first-order valence-corrected chi connectivity index (χ1v) is 10.1. The molecule has 0 unspecified atom stereocenters. The molecule has 7 nitrogen and oxygen atoms in total. The normalized spacial score (nSPS) is 11.0. The molecule has 0 aliphatic heterocycles. The van der Waals surface area contributed by atoms with E-state index >= 15 is 0 Å². The van der Waals surface area contributed by atoms with Gasteiger partial charge in [-0.15, -0.1) is 10.2 Å². The van der Waals surface area contributed by atoms with Gasteiger partial charge >= 0.3 is 6.18 Å². The maximum absolute atomic E-state index is 12.9. The van der Waals surface area contributed by atoms with Gasteiger partial charge in [0.1, 0.15) is 10.8 Å². The molecular weight excluding hydrogens is 445 g/mol. The minimum atomic E-state index is -4.55. The number of carbonyl (C=O) groups is 2. The summed E-state index contributed by atoms with van der Waals surface area (Å²) >= 11 is 1.03. The second kappa shape index (κ2) is 10.1. The van der Waals surface area contributed by atoms with Crippen molar-refractivity contribution in [1.82, 2.24) is 10.2 Å². The van der Waals surface area contributed by atoms with E-state index in [0.717, 1.165) is 30.0 Å². The van der Waals surface area contributed by atoms with E-state index in [4.69, 9.17) is 4.74 Å². The Kier molecular flexibility index (Phi) is 7.31. The number of rotatable bonds is 7. The first kappa shape index (κ1) is 23.1. The number of nitrogens with one attached hydrogen (secondary N) is 2. The smallest absolute Gasteiger partial charge is 0.416 e. The van der Waals surface area contributed by atoms with E-state index < -0.39 is 17.6 Å². The number of nitrogens with zero attached hydrogens (tertiary/aromatic N) is 2. The van der Waals surface area contributed by atoms with Crippen molar-refractivity contribution in [2.75, 3.05) is 23.5 Å². The zero-order chi connectivity index (χ0) is 23.1. The molecule has 0 atom stereocenters. The highest BCUT2D eigenvalue weighted by Crippen LogP contribution is 2.35. The van der Waals surface area contributed by atoms with Crippen LogP contribution in [0.5, 0.6) is 5.75 Å². The maximum Gasteiger partial charge on any atom is 0.416 e. The summed E-state index contributed by atoms with van der Waals surface area (Å²) in [5.74, 6) is -0.661. The molecule has 1 heterocycles. The highest BCUT2D eigenvalue weighted by Gasteiger charge is 2.31. The molecule has 0 fully saturated rings. The first-order valence-electron chi connectivity index (χ1n) is 9.14. The lowest BCUT2D eigenvalue weighted by atomic mass is 10.2. The summed E-state index contributed by atoms with van der Waals surface area (Å²) in [7, 11) is 1.29. The molecule has 0 aliphatic carbocycles. The number of halogens is 3. The van der Waals surface area contributed by atoms with Gasteiger partial charge in [-0.25, -0.2) is 0 Å². The van der Waals surface area contributed by atoms with Crippen molar-refractivity contribution >= 4 is 35.1 Å². The fraction of sp³-hybridized carbons (Fsp3) is 0.143. The highest BCUT2D eigenvalue weighted by molar-refractivity contribution is 7.99. The Bertz CT molecular complexity index is 1090. The second-order valence-electron chi connectivity index (χ2n) is 6.33. The number of ether oxygens (including phenoxy) is 1. The van der Waals surface area contributed by atoms with Crippen LogP contribution in [0.3, 0.4) is 0 Å². The van der Waals surface area contributed by atoms with Gasteiger partial charge in [0, 0.05) is 5.56 Å². The monoisotopic (exact) mass is 462 g/mol. The van der Waals surface area contributed by atoms with E-state index in [1.165, 1.54) is 13.2 Å². The predicted molar refractivity (Wildman–Crippen MR) is 114 cm³/mol. The topological polar surface area (TPSA) is 93.2 Å². The van der Waals surface area contributed by atoms with Gasteiger partial charge in [-0.3, -0.25) is 9.59 Å². The van der Waals surface area contributed by atoms with Crippen LogP contribution in [0, 0.1) is 0 Å². The standard InChI is InChI=1S/C21H17F3N4O3S/c1-31-16-8-7-14(21(22,23)24)11-15(16)25-18(29)12-32-19-10-9-17(27-28-19)26-20(30)13-5-3-2-4-6-13/h2-11H,12H2,1H3,(H,25,29)(H,26,27,30). The van der Waals surface area contributed by atoms with Gasteiger partial charge in [-0.05, 0) is 42.5 Å². The number of methoxy groups -OCH3 is 1. The van der Waals surface area contributed by atoms with Crippen molar-refractivity contribution in [2.45, 2.75) is 11.2 Å². The van der Waals surface area contributed by atoms with Crippen molar-refractivity contribution in [1.29, 1.82) is 0 Å². The lowest BCUT2D eigenvalue weighted by Crippen LogP contribution is -2.16. The fourth-order valence-electron chi connectivity index (χ4n) is 2.55. The lowest BCUT2D eigenvalue weighted by molar-refractivity contribution is -0.137. The molecule has 0 spiro atoms. The van der Waals surface area contributed by atoms with Crippen LogP contribution >= 0.6 is 11.8 Å². The third kappa shape index (κ3) is 6.20. The molecular formula is C21H17F3N4O3S. The molecule has 1 aromatic heterocycles. The Morgan fingerprint density at radius 2 is 1.75 bits per heavy atom. The van der Waals surface area contributed by atoms with Crippen LogP contribution in [0.1, 0.15) is 15.9 Å². The summed E-state index contributed by atoms with van der Waals surface area (Å²) in [4.78, 5) is 24.3. The predicted octanol–water partition coefficient (Wildman–Crippen LogP) is 4.49. The number of thioether (sulfide) groups is 1. The van der Waals surface area contributed by atoms with Crippen LogP contribution in [-0.4, -0.2) is 34.9 Å². The van der Waals surface area contributed by atoms with E-state index in [1.54, 1.807) is 36.4 Å². The molecule has 3 aromatic rings. The summed E-state index contributed by atoms with van der Waals surface area (Å²) in [6.45, 7) is 0. The van der Waals surface area contributed by atoms with Crippen molar-refractivity contribution < 1.29 is 27.5 Å². The van der Waals surface area contributed by atoms with E-state index in [1.807, 2.05) is 0 Å². The molecule has 0 saturated carbocycles. The number of alkyl halides is 3. The van der Waals surface area contributed by atoms with Gasteiger partial charge in [-0.1, -0.05) is 30.0 Å². The Labute approximate surface area is 185 Å². The van der Waals surface area contributed by atoms with Crippen LogP contribution in [-0.2, 0) is 11.0 Å². The zero-order valence-corrected chi connectivity index (χ0v) is 17.5. The Balaban J connectivity index is 1.57. The maximum atomic E-state index is 12.9. The summed E-state index contributed by atoms with van der Waals surface area (Å²) in [6, 6.07) is 14.5. The minimum Gasteiger partial charge on any atom is -0.495 e. The van der Waals surface area contributed by atoms with Gasteiger partial charge in [0.15, 0.2) is 5.82 Å². The van der Waals surface area contributed by atoms with Crippen molar-refractivity contribution in [2.24, 2.45) is 0 Å². The highest BCUT2D eigenvalue weighted by atomic mass is 32.2. The molecule has 0 bridgehead atoms. The molecule has 0 aliphatic rings. The number of hydrogen-bond donors (Lipinski definition) is 2. The molecule has 32 heavy (non-hydrogen) atoms. The van der Waals surface area contributed by atoms with Gasteiger partial charge < -0.3 is 15.4 Å². The number of aromatic nitrogens is 2. The summed E-state index contributed by atoms with van der Waals surface area (Å²) in [5, 5.41) is 13.2. The van der Waals surface area contributed by atoms with Gasteiger partial charge in [0.05, 0.1) is 24.1 Å². The van der Waals surface area contributed by atoms with Gasteiger partial charge in [-0.2, -0.15) is 13.2 Å². The van der Waals surface area contributed by atoms with E-state index in [0.29, 0.717) is 10.6 Å². The molecule has 166 valence electrons. The third-order valence-electron chi connectivity index (χ3n) is 4.07. The molecule has 2 amide bonds. The molecule has 11 heteroatoms. The Morgan fingerprint density at radius 1 is 1.00 bits per heavy atom. The average molecular weight is 462 g/mol. The number of amides is 2. The zero-order valence-electron chi connectivity index (χ0n) is 16.6. The van der Waals surface area contributed by atoms with Crippen LogP contribution in [0.2, 0.25) is 0 Å². The van der Waals surface area contributed by atoms with Crippen LogP contribution in [0.4, 0.5) is 24.7 Å². The summed E-state index contributed by atoms with van der Waals surface area (Å²) < 4.78 is 43.8. The Hall–Kier alpha value is -3.60. The van der Waals surface area contributed by atoms with Crippen LogP contribution in [0.25, 0.3) is 0 Å². The number of hydrogen-bond acceptors (Lipinski definition) is 6. The van der Waals surface area contributed by atoms with Crippen LogP contribution < -0.4 is 15.4 Å². The largest absolute Gasteiger partial charge is 0.495 e. The first-order chi connectivity index (χ1) is 15.3. The van der Waals surface area contributed by atoms with E-state index in [2.05, 4.69) is 20.8 Å². The van der Waals surface area contributed by atoms with E-state index in [-0.39, 0.29) is 28.9 Å². The molecule has 2 aromatic carbocycles. The van der Waals surface area contributed by atoms with Gasteiger partial charge in [0.25, 0.3) is 5.91 Å². The fourth-order valence-corrected chi connectivity index (χ4v) is 3.16. The SMILES string of the molecule is COc1ccc(C(F)(F)F)cc1NC(=O)CSc1ccc(NC(=O)c2ccccc2)nn1. The molecule has 0 radical (unpaired) electrons. The second-order valence-corrected chi connectivity index (χ2v) is 7.32. The molecule has 3 rings (SSSR count). The summed E-state index contributed by atoms with van der Waals surface area (Å²) in [6.07, 6.45) is -4.55. The minimum absolute atomic E-state index is 0.0852. The third-order valence-corrected chi connectivity index (χ3v) is 4.99. The average Bonchev–Trinajstić information content (AvgIpc) is 2.78.